The number of aliphatic carboxylic acids is 1. The van der Waals surface area contributed by atoms with E-state index in [1.54, 1.807) is 0 Å². The maximum Gasteiger partial charge on any atom is 0.336 e. The largest absolute Gasteiger partial charge is 0.479 e. The van der Waals surface area contributed by atoms with Crippen LogP contribution in [-0.4, -0.2) is 37.0 Å². The molecule has 0 saturated carbocycles. The Morgan fingerprint density at radius 3 is 2.08 bits per heavy atom. The van der Waals surface area contributed by atoms with Crippen molar-refractivity contribution < 1.29 is 19.4 Å². The molecule has 0 amide bonds. The lowest BCUT2D eigenvalue weighted by Gasteiger charge is -2.31. The summed E-state index contributed by atoms with van der Waals surface area (Å²) in [6.07, 6.45) is 0.887. The maximum absolute atomic E-state index is 10.7. The third-order valence-corrected chi connectivity index (χ3v) is 2.08. The van der Waals surface area contributed by atoms with Crippen molar-refractivity contribution in [3.8, 4) is 0 Å². The van der Waals surface area contributed by atoms with E-state index in [0.717, 1.165) is 0 Å². The number of carbonyl (C=O) groups is 1. The average Bonchev–Trinajstić information content (AvgIpc) is 2.21. The van der Waals surface area contributed by atoms with Crippen LogP contribution in [0, 0.1) is 0 Å². The predicted octanol–water partition coefficient (Wildman–Crippen LogP) is 1.29. The summed E-state index contributed by atoms with van der Waals surface area (Å²) in [6.45, 7) is 4.94. The molecular formula is C9H18O4. The van der Waals surface area contributed by atoms with Crippen molar-refractivity contribution in [3.63, 3.8) is 0 Å². The van der Waals surface area contributed by atoms with Crippen LogP contribution < -0.4 is 0 Å². The minimum atomic E-state index is -0.988. The number of hydrogen-bond acceptors (Lipinski definition) is 3. The highest BCUT2D eigenvalue weighted by atomic mass is 16.5. The van der Waals surface area contributed by atoms with Gasteiger partial charge in [0.1, 0.15) is 0 Å². The zero-order chi connectivity index (χ0) is 10.3. The molecule has 0 aromatic carbocycles. The van der Waals surface area contributed by atoms with Crippen molar-refractivity contribution in [1.82, 2.24) is 0 Å². The number of hydrogen-bond donors (Lipinski definition) is 1. The molecule has 0 aromatic rings. The molecule has 0 atom stereocenters. The third-order valence-electron chi connectivity index (χ3n) is 2.08. The summed E-state index contributed by atoms with van der Waals surface area (Å²) in [7, 11) is 1.43. The van der Waals surface area contributed by atoms with E-state index in [9.17, 15) is 4.79 Å². The lowest BCUT2D eigenvalue weighted by Crippen LogP contribution is -2.45. The summed E-state index contributed by atoms with van der Waals surface area (Å²) >= 11 is 0. The number of ether oxygens (including phenoxy) is 2. The molecule has 1 saturated heterocycles. The van der Waals surface area contributed by atoms with Crippen LogP contribution >= 0.6 is 0 Å². The molecule has 78 valence electrons. The molecule has 0 spiro atoms. The van der Waals surface area contributed by atoms with Crippen LogP contribution in [0.1, 0.15) is 26.7 Å². The zero-order valence-electron chi connectivity index (χ0n) is 8.50. The standard InChI is InChI=1S/C7H12O4.C2H6/c1-10-7(6(8)9)2-4-11-5-3-7;1-2/h2-5H2,1H3,(H,8,9);1-2H3. The monoisotopic (exact) mass is 190 g/mol. The van der Waals surface area contributed by atoms with Gasteiger partial charge >= 0.3 is 5.97 Å². The van der Waals surface area contributed by atoms with E-state index in [2.05, 4.69) is 0 Å². The summed E-state index contributed by atoms with van der Waals surface area (Å²) in [5, 5.41) is 8.81. The van der Waals surface area contributed by atoms with Crippen LogP contribution in [0.15, 0.2) is 0 Å². The molecule has 1 heterocycles. The number of methoxy groups -OCH3 is 1. The van der Waals surface area contributed by atoms with Crippen LogP contribution in [0.4, 0.5) is 0 Å². The fourth-order valence-electron chi connectivity index (χ4n) is 1.21. The topological polar surface area (TPSA) is 55.8 Å². The number of carboxylic acid groups (broad SMARTS) is 1. The van der Waals surface area contributed by atoms with Gasteiger partial charge in [-0.15, -0.1) is 0 Å². The summed E-state index contributed by atoms with van der Waals surface area (Å²) < 4.78 is 9.99. The van der Waals surface area contributed by atoms with Crippen LogP contribution in [0.25, 0.3) is 0 Å². The molecule has 4 heteroatoms. The molecule has 1 aliphatic heterocycles. The first-order valence-electron chi connectivity index (χ1n) is 4.57. The summed E-state index contributed by atoms with van der Waals surface area (Å²) in [5.41, 5.74) is -0.988. The Balaban J connectivity index is 0.000000671. The van der Waals surface area contributed by atoms with Gasteiger partial charge in [0.2, 0.25) is 0 Å². The Kier molecular flexibility index (Phi) is 5.66. The SMILES string of the molecule is CC.COC1(C(=O)O)CCOCC1. The van der Waals surface area contributed by atoms with Gasteiger partial charge in [0, 0.05) is 33.2 Å². The average molecular weight is 190 g/mol. The molecule has 0 radical (unpaired) electrons. The van der Waals surface area contributed by atoms with E-state index in [4.69, 9.17) is 14.6 Å². The van der Waals surface area contributed by atoms with Gasteiger partial charge in [0.25, 0.3) is 0 Å². The van der Waals surface area contributed by atoms with E-state index in [-0.39, 0.29) is 0 Å². The second kappa shape index (κ2) is 5.94. The lowest BCUT2D eigenvalue weighted by molar-refractivity contribution is -0.173. The van der Waals surface area contributed by atoms with E-state index in [1.165, 1.54) is 7.11 Å². The first kappa shape index (κ1) is 12.4. The molecular weight excluding hydrogens is 172 g/mol. The second-order valence-corrected chi connectivity index (χ2v) is 2.62. The minimum Gasteiger partial charge on any atom is -0.479 e. The van der Waals surface area contributed by atoms with Crippen molar-refractivity contribution in [1.29, 1.82) is 0 Å². The van der Waals surface area contributed by atoms with Crippen LogP contribution in [0.5, 0.6) is 0 Å². The van der Waals surface area contributed by atoms with Gasteiger partial charge in [0.15, 0.2) is 5.60 Å². The Bertz CT molecular complexity index is 150. The molecule has 0 bridgehead atoms. The van der Waals surface area contributed by atoms with E-state index in [1.807, 2.05) is 13.8 Å². The highest BCUT2D eigenvalue weighted by molar-refractivity contribution is 5.77. The lowest BCUT2D eigenvalue weighted by atomic mass is 9.94. The predicted molar refractivity (Wildman–Crippen MR) is 48.8 cm³/mol. The number of carboxylic acids is 1. The molecule has 1 fully saturated rings. The van der Waals surface area contributed by atoms with E-state index < -0.39 is 11.6 Å². The molecule has 13 heavy (non-hydrogen) atoms. The molecule has 0 aromatic heterocycles. The van der Waals surface area contributed by atoms with Gasteiger partial charge in [-0.1, -0.05) is 13.8 Å². The van der Waals surface area contributed by atoms with Crippen molar-refractivity contribution in [2.45, 2.75) is 32.3 Å². The minimum absolute atomic E-state index is 0.443. The van der Waals surface area contributed by atoms with Crippen LogP contribution in [0.2, 0.25) is 0 Å². The van der Waals surface area contributed by atoms with Gasteiger partial charge in [-0.3, -0.25) is 0 Å². The molecule has 1 aliphatic rings. The van der Waals surface area contributed by atoms with Crippen LogP contribution in [-0.2, 0) is 14.3 Å². The Labute approximate surface area is 78.8 Å². The molecule has 1 rings (SSSR count). The molecule has 0 aliphatic carbocycles. The smallest absolute Gasteiger partial charge is 0.336 e. The zero-order valence-corrected chi connectivity index (χ0v) is 8.50. The van der Waals surface area contributed by atoms with Gasteiger partial charge < -0.3 is 14.6 Å². The Hall–Kier alpha value is -0.610. The third kappa shape index (κ3) is 2.97. The maximum atomic E-state index is 10.7. The van der Waals surface area contributed by atoms with Crippen molar-refractivity contribution in [2.75, 3.05) is 20.3 Å². The van der Waals surface area contributed by atoms with Gasteiger partial charge in [-0.25, -0.2) is 4.79 Å². The van der Waals surface area contributed by atoms with Gasteiger partial charge in [-0.05, 0) is 0 Å². The fraction of sp³-hybridized carbons (Fsp3) is 0.889. The Morgan fingerprint density at radius 2 is 1.85 bits per heavy atom. The number of rotatable bonds is 2. The molecule has 1 N–H and O–H groups in total. The highest BCUT2D eigenvalue weighted by Crippen LogP contribution is 2.24. The fourth-order valence-corrected chi connectivity index (χ4v) is 1.21. The van der Waals surface area contributed by atoms with E-state index in [0.29, 0.717) is 26.1 Å². The van der Waals surface area contributed by atoms with Gasteiger partial charge in [0.05, 0.1) is 0 Å². The molecule has 0 unspecified atom stereocenters. The van der Waals surface area contributed by atoms with E-state index >= 15 is 0 Å². The Morgan fingerprint density at radius 1 is 1.38 bits per heavy atom. The summed E-state index contributed by atoms with van der Waals surface area (Å²) in [4.78, 5) is 10.7. The first-order valence-corrected chi connectivity index (χ1v) is 4.57. The second-order valence-electron chi connectivity index (χ2n) is 2.62. The first-order chi connectivity index (χ1) is 6.21. The normalized spacial score (nSPS) is 19.9. The van der Waals surface area contributed by atoms with Crippen molar-refractivity contribution >= 4 is 5.97 Å². The summed E-state index contributed by atoms with van der Waals surface area (Å²) in [6, 6.07) is 0. The molecule has 4 nitrogen and oxygen atoms in total. The van der Waals surface area contributed by atoms with Crippen molar-refractivity contribution in [2.24, 2.45) is 0 Å². The van der Waals surface area contributed by atoms with Crippen LogP contribution in [0.3, 0.4) is 0 Å². The quantitative estimate of drug-likeness (QED) is 0.713. The van der Waals surface area contributed by atoms with Gasteiger partial charge in [-0.2, -0.15) is 0 Å². The summed E-state index contributed by atoms with van der Waals surface area (Å²) in [5.74, 6) is -0.886. The highest BCUT2D eigenvalue weighted by Gasteiger charge is 2.40. The van der Waals surface area contributed by atoms with Crippen molar-refractivity contribution in [3.05, 3.63) is 0 Å².